The highest BCUT2D eigenvalue weighted by atomic mass is 16.5. The van der Waals surface area contributed by atoms with Crippen LogP contribution in [-0.2, 0) is 0 Å². The van der Waals surface area contributed by atoms with Gasteiger partial charge in [0.15, 0.2) is 0 Å². The maximum Gasteiger partial charge on any atom is 0.127 e. The van der Waals surface area contributed by atoms with E-state index in [4.69, 9.17) is 9.47 Å². The maximum absolute atomic E-state index is 5.59. The monoisotopic (exact) mass is 291 g/mol. The van der Waals surface area contributed by atoms with Gasteiger partial charge >= 0.3 is 0 Å². The van der Waals surface area contributed by atoms with Gasteiger partial charge in [-0.05, 0) is 43.7 Å². The summed E-state index contributed by atoms with van der Waals surface area (Å²) in [4.78, 5) is 0. The van der Waals surface area contributed by atoms with E-state index in [-0.39, 0.29) is 0 Å². The fourth-order valence-electron chi connectivity index (χ4n) is 3.61. The molecule has 0 radical (unpaired) electrons. The van der Waals surface area contributed by atoms with Gasteiger partial charge in [0.05, 0.1) is 14.2 Å². The van der Waals surface area contributed by atoms with E-state index >= 15 is 0 Å². The molecule has 0 bridgehead atoms. The van der Waals surface area contributed by atoms with Gasteiger partial charge in [0.2, 0.25) is 0 Å². The number of nitrogens with one attached hydrogen (secondary N) is 1. The summed E-state index contributed by atoms with van der Waals surface area (Å²) in [5.41, 5.74) is 1.24. The molecule has 1 aliphatic rings. The van der Waals surface area contributed by atoms with Gasteiger partial charge < -0.3 is 14.8 Å². The number of benzene rings is 1. The Hall–Kier alpha value is -1.22. The second-order valence-electron chi connectivity index (χ2n) is 6.40. The van der Waals surface area contributed by atoms with Crippen molar-refractivity contribution >= 4 is 0 Å². The van der Waals surface area contributed by atoms with Gasteiger partial charge in [-0.15, -0.1) is 0 Å². The Morgan fingerprint density at radius 3 is 2.43 bits per heavy atom. The lowest BCUT2D eigenvalue weighted by Gasteiger charge is -2.37. The highest BCUT2D eigenvalue weighted by molar-refractivity contribution is 5.42. The summed E-state index contributed by atoms with van der Waals surface area (Å²) in [6, 6.07) is 6.49. The highest BCUT2D eigenvalue weighted by Crippen LogP contribution is 2.42. The van der Waals surface area contributed by atoms with Crippen molar-refractivity contribution in [2.24, 2.45) is 17.8 Å². The molecule has 0 aliphatic heterocycles. The molecule has 1 aromatic rings. The largest absolute Gasteiger partial charge is 0.497 e. The van der Waals surface area contributed by atoms with Crippen LogP contribution in [-0.4, -0.2) is 21.3 Å². The van der Waals surface area contributed by atoms with Crippen molar-refractivity contribution in [3.8, 4) is 11.5 Å². The van der Waals surface area contributed by atoms with Crippen LogP contribution in [0.3, 0.4) is 0 Å². The van der Waals surface area contributed by atoms with Gasteiger partial charge in [-0.3, -0.25) is 0 Å². The molecule has 4 atom stereocenters. The minimum Gasteiger partial charge on any atom is -0.497 e. The summed E-state index contributed by atoms with van der Waals surface area (Å²) in [5, 5.41) is 3.51. The van der Waals surface area contributed by atoms with E-state index < -0.39 is 0 Å². The third kappa shape index (κ3) is 3.52. The van der Waals surface area contributed by atoms with Crippen LogP contribution in [0, 0.1) is 17.8 Å². The minimum absolute atomic E-state index is 0.348. The van der Waals surface area contributed by atoms with Crippen molar-refractivity contribution in [2.75, 3.05) is 21.3 Å². The number of rotatable bonds is 5. The fourth-order valence-corrected chi connectivity index (χ4v) is 3.61. The van der Waals surface area contributed by atoms with Gasteiger partial charge in [-0.25, -0.2) is 0 Å². The van der Waals surface area contributed by atoms with Crippen molar-refractivity contribution in [3.05, 3.63) is 23.8 Å². The first-order valence-electron chi connectivity index (χ1n) is 7.99. The Morgan fingerprint density at radius 2 is 1.86 bits per heavy atom. The maximum atomic E-state index is 5.59. The molecule has 0 aromatic heterocycles. The zero-order valence-corrected chi connectivity index (χ0v) is 14.0. The van der Waals surface area contributed by atoms with Crippen LogP contribution in [0.2, 0.25) is 0 Å². The van der Waals surface area contributed by atoms with Gasteiger partial charge in [-0.1, -0.05) is 26.3 Å². The van der Waals surface area contributed by atoms with E-state index in [2.05, 4.69) is 32.3 Å². The second-order valence-corrected chi connectivity index (χ2v) is 6.40. The van der Waals surface area contributed by atoms with Gasteiger partial charge in [0.25, 0.3) is 0 Å². The number of ether oxygens (including phenoxy) is 2. The third-order valence-corrected chi connectivity index (χ3v) is 5.20. The smallest absolute Gasteiger partial charge is 0.127 e. The minimum atomic E-state index is 0.348. The Morgan fingerprint density at radius 1 is 1.10 bits per heavy atom. The summed E-state index contributed by atoms with van der Waals surface area (Å²) in [7, 11) is 5.47. The summed E-state index contributed by atoms with van der Waals surface area (Å²) in [6.07, 6.45) is 3.89. The first kappa shape index (κ1) is 16.2. The number of hydrogen-bond acceptors (Lipinski definition) is 3. The molecule has 0 saturated heterocycles. The zero-order chi connectivity index (χ0) is 15.4. The molecule has 118 valence electrons. The molecule has 1 fully saturated rings. The lowest BCUT2D eigenvalue weighted by molar-refractivity contribution is 0.173. The molecule has 1 aliphatic carbocycles. The Balaban J connectivity index is 2.24. The number of hydrogen-bond donors (Lipinski definition) is 1. The first-order chi connectivity index (χ1) is 10.1. The predicted octanol–water partition coefficient (Wildman–Crippen LogP) is 4.04. The van der Waals surface area contributed by atoms with E-state index in [1.54, 1.807) is 14.2 Å². The van der Waals surface area contributed by atoms with Crippen LogP contribution >= 0.6 is 0 Å². The molecule has 4 unspecified atom stereocenters. The fraction of sp³-hybridized carbons (Fsp3) is 0.667. The summed E-state index contributed by atoms with van der Waals surface area (Å²) >= 11 is 0. The topological polar surface area (TPSA) is 30.5 Å². The molecular formula is C18H29NO2. The lowest BCUT2D eigenvalue weighted by Crippen LogP contribution is -2.31. The molecule has 3 heteroatoms. The van der Waals surface area contributed by atoms with E-state index in [1.165, 1.54) is 24.8 Å². The van der Waals surface area contributed by atoms with Crippen molar-refractivity contribution < 1.29 is 9.47 Å². The third-order valence-electron chi connectivity index (χ3n) is 5.20. The Bertz CT molecular complexity index is 461. The van der Waals surface area contributed by atoms with Gasteiger partial charge in [0, 0.05) is 17.7 Å². The Labute approximate surface area is 129 Å². The lowest BCUT2D eigenvalue weighted by atomic mass is 9.72. The summed E-state index contributed by atoms with van der Waals surface area (Å²) < 4.78 is 10.9. The summed E-state index contributed by atoms with van der Waals surface area (Å²) in [6.45, 7) is 4.76. The van der Waals surface area contributed by atoms with Crippen LogP contribution < -0.4 is 14.8 Å². The molecule has 0 amide bonds. The molecule has 0 heterocycles. The zero-order valence-electron chi connectivity index (χ0n) is 14.0. The first-order valence-corrected chi connectivity index (χ1v) is 7.99. The van der Waals surface area contributed by atoms with Crippen molar-refractivity contribution in [1.29, 1.82) is 0 Å². The van der Waals surface area contributed by atoms with Crippen molar-refractivity contribution in [1.82, 2.24) is 5.32 Å². The predicted molar refractivity (Wildman–Crippen MR) is 87.0 cm³/mol. The second kappa shape index (κ2) is 7.17. The molecular weight excluding hydrogens is 262 g/mol. The van der Waals surface area contributed by atoms with Crippen LogP contribution in [0.1, 0.15) is 44.7 Å². The normalized spacial score (nSPS) is 27.2. The molecule has 2 rings (SSSR count). The van der Waals surface area contributed by atoms with E-state index in [0.29, 0.717) is 12.0 Å². The highest BCUT2D eigenvalue weighted by Gasteiger charge is 2.31. The van der Waals surface area contributed by atoms with Crippen LogP contribution in [0.15, 0.2) is 18.2 Å². The van der Waals surface area contributed by atoms with Crippen LogP contribution in [0.5, 0.6) is 11.5 Å². The van der Waals surface area contributed by atoms with Gasteiger partial charge in [-0.2, -0.15) is 0 Å². The van der Waals surface area contributed by atoms with E-state index in [9.17, 15) is 0 Å². The van der Waals surface area contributed by atoms with Gasteiger partial charge in [0.1, 0.15) is 11.5 Å². The number of methoxy groups -OCH3 is 2. The van der Waals surface area contributed by atoms with Crippen LogP contribution in [0.25, 0.3) is 0 Å². The molecule has 1 aromatic carbocycles. The quantitative estimate of drug-likeness (QED) is 0.888. The van der Waals surface area contributed by atoms with Crippen LogP contribution in [0.4, 0.5) is 0 Å². The molecule has 1 saturated carbocycles. The van der Waals surface area contributed by atoms with Crippen molar-refractivity contribution in [3.63, 3.8) is 0 Å². The molecule has 21 heavy (non-hydrogen) atoms. The standard InChI is InChI=1S/C18H29NO2/c1-12-6-7-14(10-13(12)2)18(19-3)16-9-8-15(20-4)11-17(16)21-5/h8-9,11-14,18-19H,6-7,10H2,1-5H3. The SMILES string of the molecule is CNC(c1ccc(OC)cc1OC)C1CCC(C)C(C)C1. The summed E-state index contributed by atoms with van der Waals surface area (Å²) in [5.74, 6) is 4.07. The van der Waals surface area contributed by atoms with Crippen molar-refractivity contribution in [2.45, 2.75) is 39.2 Å². The average molecular weight is 291 g/mol. The molecule has 0 spiro atoms. The van der Waals surface area contributed by atoms with E-state index in [1.807, 2.05) is 12.1 Å². The molecule has 1 N–H and O–H groups in total. The molecule has 3 nitrogen and oxygen atoms in total. The average Bonchev–Trinajstić information content (AvgIpc) is 2.51. The Kier molecular flexibility index (Phi) is 5.51. The van der Waals surface area contributed by atoms with E-state index in [0.717, 1.165) is 23.3 Å².